The molecule has 1 aromatic carbocycles. The zero-order valence-electron chi connectivity index (χ0n) is 16.1. The van der Waals surface area contributed by atoms with E-state index in [0.29, 0.717) is 18.2 Å². The van der Waals surface area contributed by atoms with Crippen LogP contribution in [0.5, 0.6) is 0 Å². The van der Waals surface area contributed by atoms with E-state index in [0.717, 1.165) is 13.0 Å². The molecule has 0 atom stereocenters. The number of hydrogen-bond donors (Lipinski definition) is 1. The van der Waals surface area contributed by atoms with Crippen molar-refractivity contribution in [2.75, 3.05) is 32.5 Å². The van der Waals surface area contributed by atoms with E-state index in [1.54, 1.807) is 19.2 Å². The molecule has 0 fully saturated rings. The molecule has 0 aromatic heterocycles. The van der Waals surface area contributed by atoms with Gasteiger partial charge in [0.15, 0.2) is 0 Å². The SMILES string of the molecule is CC(C)CCN(C)CC(=O)Nc1ccc(S(=O)(=O)N(C)C(C)C)cc1. The number of carbonyl (C=O) groups is 1. The molecule has 0 aliphatic heterocycles. The second-order valence-electron chi connectivity index (χ2n) is 7.11. The number of carbonyl (C=O) groups excluding carboxylic acids is 1. The lowest BCUT2D eigenvalue weighted by atomic mass is 10.1. The predicted octanol–water partition coefficient (Wildman–Crippen LogP) is 2.63. The molecule has 1 N–H and O–H groups in total. The Hall–Kier alpha value is -1.44. The number of hydrogen-bond acceptors (Lipinski definition) is 4. The van der Waals surface area contributed by atoms with Crippen molar-refractivity contribution in [1.82, 2.24) is 9.21 Å². The molecule has 0 radical (unpaired) electrons. The first kappa shape index (κ1) is 21.6. The molecular weight excluding hydrogens is 338 g/mol. The number of rotatable bonds is 9. The molecule has 0 heterocycles. The molecule has 1 aromatic rings. The maximum absolute atomic E-state index is 12.4. The van der Waals surface area contributed by atoms with Gasteiger partial charge in [-0.2, -0.15) is 4.31 Å². The molecule has 7 heteroatoms. The second kappa shape index (κ2) is 9.31. The quantitative estimate of drug-likeness (QED) is 0.726. The number of nitrogens with one attached hydrogen (secondary N) is 1. The number of amides is 1. The van der Waals surface area contributed by atoms with Crippen LogP contribution in [0.3, 0.4) is 0 Å². The number of nitrogens with zero attached hydrogens (tertiary/aromatic N) is 2. The van der Waals surface area contributed by atoms with Crippen LogP contribution in [0.15, 0.2) is 29.2 Å². The van der Waals surface area contributed by atoms with E-state index in [9.17, 15) is 13.2 Å². The highest BCUT2D eigenvalue weighted by molar-refractivity contribution is 7.89. The molecule has 0 aliphatic carbocycles. The monoisotopic (exact) mass is 369 g/mol. The minimum atomic E-state index is -3.51. The average molecular weight is 370 g/mol. The lowest BCUT2D eigenvalue weighted by Gasteiger charge is -2.21. The summed E-state index contributed by atoms with van der Waals surface area (Å²) in [6.45, 7) is 9.12. The number of sulfonamides is 1. The molecule has 0 saturated heterocycles. The van der Waals surface area contributed by atoms with Crippen molar-refractivity contribution in [2.45, 2.75) is 45.1 Å². The van der Waals surface area contributed by atoms with Gasteiger partial charge < -0.3 is 5.32 Å². The average Bonchev–Trinajstić information content (AvgIpc) is 2.52. The third kappa shape index (κ3) is 6.76. The fourth-order valence-electron chi connectivity index (χ4n) is 2.16. The van der Waals surface area contributed by atoms with Gasteiger partial charge in [-0.3, -0.25) is 9.69 Å². The van der Waals surface area contributed by atoms with Crippen molar-refractivity contribution in [1.29, 1.82) is 0 Å². The fraction of sp³-hybridized carbons (Fsp3) is 0.611. The Kier molecular flexibility index (Phi) is 8.05. The number of benzene rings is 1. The maximum Gasteiger partial charge on any atom is 0.243 e. The topological polar surface area (TPSA) is 69.7 Å². The third-order valence-corrected chi connectivity index (χ3v) is 6.09. The highest BCUT2D eigenvalue weighted by Gasteiger charge is 2.22. The van der Waals surface area contributed by atoms with Crippen LogP contribution in [0.1, 0.15) is 34.1 Å². The summed E-state index contributed by atoms with van der Waals surface area (Å²) in [7, 11) is -0.0313. The van der Waals surface area contributed by atoms with Gasteiger partial charge in [-0.05, 0) is 64.0 Å². The van der Waals surface area contributed by atoms with Crippen molar-refractivity contribution in [2.24, 2.45) is 5.92 Å². The summed E-state index contributed by atoms with van der Waals surface area (Å²) in [5.41, 5.74) is 0.591. The summed E-state index contributed by atoms with van der Waals surface area (Å²) in [5.74, 6) is 0.491. The van der Waals surface area contributed by atoms with E-state index in [4.69, 9.17) is 0 Å². The molecule has 0 aliphatic rings. The zero-order valence-corrected chi connectivity index (χ0v) is 16.9. The Morgan fingerprint density at radius 3 is 2.12 bits per heavy atom. The van der Waals surface area contributed by atoms with Crippen LogP contribution in [0.25, 0.3) is 0 Å². The van der Waals surface area contributed by atoms with E-state index in [1.165, 1.54) is 16.4 Å². The van der Waals surface area contributed by atoms with Crippen LogP contribution in [-0.4, -0.2) is 56.8 Å². The van der Waals surface area contributed by atoms with E-state index >= 15 is 0 Å². The normalized spacial score (nSPS) is 12.4. The Bertz CT molecular complexity index is 655. The Balaban J connectivity index is 2.67. The molecule has 0 spiro atoms. The van der Waals surface area contributed by atoms with Crippen LogP contribution >= 0.6 is 0 Å². The third-order valence-electron chi connectivity index (χ3n) is 4.04. The van der Waals surface area contributed by atoms with Gasteiger partial charge in [0.05, 0.1) is 11.4 Å². The van der Waals surface area contributed by atoms with Crippen molar-refractivity contribution in [3.05, 3.63) is 24.3 Å². The predicted molar refractivity (Wildman–Crippen MR) is 102 cm³/mol. The lowest BCUT2D eigenvalue weighted by molar-refractivity contribution is -0.117. The van der Waals surface area contributed by atoms with Gasteiger partial charge in [0.2, 0.25) is 15.9 Å². The molecule has 25 heavy (non-hydrogen) atoms. The van der Waals surface area contributed by atoms with Crippen LogP contribution in [0.2, 0.25) is 0 Å². The Labute approximate surface area is 152 Å². The smallest absolute Gasteiger partial charge is 0.243 e. The van der Waals surface area contributed by atoms with Crippen molar-refractivity contribution in [3.63, 3.8) is 0 Å². The molecule has 1 amide bonds. The van der Waals surface area contributed by atoms with Gasteiger partial charge in [-0.25, -0.2) is 8.42 Å². The molecule has 0 saturated carbocycles. The minimum absolute atomic E-state index is 0.110. The van der Waals surface area contributed by atoms with E-state index < -0.39 is 10.0 Å². The second-order valence-corrected chi connectivity index (χ2v) is 9.11. The first-order valence-electron chi connectivity index (χ1n) is 8.60. The molecule has 1 rings (SSSR count). The maximum atomic E-state index is 12.4. The Morgan fingerprint density at radius 2 is 1.64 bits per heavy atom. The van der Waals surface area contributed by atoms with Crippen LogP contribution in [0, 0.1) is 5.92 Å². The first-order chi connectivity index (χ1) is 11.5. The summed E-state index contributed by atoms with van der Waals surface area (Å²) < 4.78 is 26.1. The van der Waals surface area contributed by atoms with Gasteiger partial charge in [0, 0.05) is 18.8 Å². The zero-order chi connectivity index (χ0) is 19.2. The van der Waals surface area contributed by atoms with E-state index in [-0.39, 0.29) is 16.8 Å². The van der Waals surface area contributed by atoms with Gasteiger partial charge >= 0.3 is 0 Å². The van der Waals surface area contributed by atoms with Crippen molar-refractivity contribution < 1.29 is 13.2 Å². The number of anilines is 1. The number of likely N-dealkylation sites (N-methyl/N-ethyl adjacent to an activating group) is 1. The molecule has 0 unspecified atom stereocenters. The van der Waals surface area contributed by atoms with Crippen LogP contribution < -0.4 is 5.32 Å². The fourth-order valence-corrected chi connectivity index (χ4v) is 3.52. The molecule has 6 nitrogen and oxygen atoms in total. The lowest BCUT2D eigenvalue weighted by Crippen LogP contribution is -2.33. The van der Waals surface area contributed by atoms with E-state index in [2.05, 4.69) is 19.2 Å². The molecule has 142 valence electrons. The van der Waals surface area contributed by atoms with Gasteiger partial charge in [-0.15, -0.1) is 0 Å². The van der Waals surface area contributed by atoms with Gasteiger partial charge in [0.1, 0.15) is 0 Å². The van der Waals surface area contributed by atoms with Crippen LogP contribution in [-0.2, 0) is 14.8 Å². The summed E-state index contributed by atoms with van der Waals surface area (Å²) in [4.78, 5) is 14.3. The summed E-state index contributed by atoms with van der Waals surface area (Å²) in [6, 6.07) is 6.16. The van der Waals surface area contributed by atoms with Crippen molar-refractivity contribution >= 4 is 21.6 Å². The first-order valence-corrected chi connectivity index (χ1v) is 10.0. The summed E-state index contributed by atoms with van der Waals surface area (Å²) in [5, 5.41) is 2.80. The standard InChI is InChI=1S/C18H31N3O3S/c1-14(2)11-12-20(5)13-18(22)19-16-7-9-17(10-8-16)25(23,24)21(6)15(3)4/h7-10,14-15H,11-13H2,1-6H3,(H,19,22). The molecular formula is C18H31N3O3S. The van der Waals surface area contributed by atoms with Gasteiger partial charge in [-0.1, -0.05) is 13.8 Å². The Morgan fingerprint density at radius 1 is 1.08 bits per heavy atom. The highest BCUT2D eigenvalue weighted by Crippen LogP contribution is 2.19. The van der Waals surface area contributed by atoms with E-state index in [1.807, 2.05) is 25.8 Å². The summed E-state index contributed by atoms with van der Waals surface area (Å²) >= 11 is 0. The largest absolute Gasteiger partial charge is 0.325 e. The highest BCUT2D eigenvalue weighted by atomic mass is 32.2. The van der Waals surface area contributed by atoms with Crippen molar-refractivity contribution in [3.8, 4) is 0 Å². The summed E-state index contributed by atoms with van der Waals surface area (Å²) in [6.07, 6.45) is 1.04. The van der Waals surface area contributed by atoms with Crippen LogP contribution in [0.4, 0.5) is 5.69 Å². The van der Waals surface area contributed by atoms with Gasteiger partial charge in [0.25, 0.3) is 0 Å². The molecule has 0 bridgehead atoms. The minimum Gasteiger partial charge on any atom is -0.325 e.